The number of aliphatic hydroxyl groups excluding tert-OH is 1. The Hall–Kier alpha value is -0.690. The minimum absolute atomic E-state index is 0.0572. The van der Waals surface area contributed by atoms with E-state index in [0.717, 1.165) is 7.11 Å². The van der Waals surface area contributed by atoms with Gasteiger partial charge in [-0.05, 0) is 6.42 Å². The predicted octanol–water partition coefficient (Wildman–Crippen LogP) is -0.630. The molecule has 0 heterocycles. The van der Waals surface area contributed by atoms with Crippen LogP contribution in [0.3, 0.4) is 0 Å². The maximum Gasteiger partial charge on any atom is 0.303 e. The van der Waals surface area contributed by atoms with Crippen LogP contribution in [-0.4, -0.2) is 35.1 Å². The van der Waals surface area contributed by atoms with Gasteiger partial charge in [0.1, 0.15) is 0 Å². The van der Waals surface area contributed by atoms with Crippen LogP contribution in [0.5, 0.6) is 0 Å². The fourth-order valence-corrected chi connectivity index (χ4v) is 0.341. The second-order valence-electron chi connectivity index (χ2n) is 1.44. The van der Waals surface area contributed by atoms with E-state index in [9.17, 15) is 4.79 Å². The molecule has 0 unspecified atom stereocenters. The highest BCUT2D eigenvalue weighted by Crippen LogP contribution is 1.86. The highest BCUT2D eigenvalue weighted by atomic mass is 16.8. The predicted molar refractivity (Wildman–Crippen MR) is 35.9 cm³/mol. The molecule has 0 aliphatic rings. The summed E-state index contributed by atoms with van der Waals surface area (Å²) in [5, 5.41) is 22.9. The molecule has 0 saturated heterocycles. The Kier molecular flexibility index (Phi) is 14.2. The first-order valence-corrected chi connectivity index (χ1v) is 2.94. The number of carboxylic acid groups (broad SMARTS) is 1. The maximum atomic E-state index is 9.82. The van der Waals surface area contributed by atoms with Gasteiger partial charge in [0.2, 0.25) is 0 Å². The van der Waals surface area contributed by atoms with E-state index in [4.69, 9.17) is 15.4 Å². The Labute approximate surface area is 64.3 Å². The van der Waals surface area contributed by atoms with Gasteiger partial charge in [0, 0.05) is 13.5 Å². The summed E-state index contributed by atoms with van der Waals surface area (Å²) in [7, 11) is 1.00. The van der Waals surface area contributed by atoms with Crippen LogP contribution in [0.25, 0.3) is 0 Å². The smallest absolute Gasteiger partial charge is 0.303 e. The van der Waals surface area contributed by atoms with Crippen molar-refractivity contribution >= 4 is 5.97 Å². The average Bonchev–Trinajstić information content (AvgIpc) is 2.02. The number of aliphatic hydroxyl groups is 1. The van der Waals surface area contributed by atoms with E-state index in [1.807, 2.05) is 0 Å². The molecule has 0 aliphatic carbocycles. The Morgan fingerprint density at radius 2 is 2.09 bits per heavy atom. The summed E-state index contributed by atoms with van der Waals surface area (Å²) in [5.74, 6) is -0.864. The third kappa shape index (κ3) is 17.6. The van der Waals surface area contributed by atoms with E-state index in [1.54, 1.807) is 0 Å². The zero-order valence-corrected chi connectivity index (χ0v) is 6.28. The van der Waals surface area contributed by atoms with Crippen molar-refractivity contribution in [3.05, 3.63) is 0 Å². The Morgan fingerprint density at radius 1 is 1.55 bits per heavy atom. The van der Waals surface area contributed by atoms with E-state index in [1.165, 1.54) is 5.64 Å². The van der Waals surface area contributed by atoms with Gasteiger partial charge in [0.15, 0.2) is 0 Å². The van der Waals surface area contributed by atoms with E-state index in [-0.39, 0.29) is 13.0 Å². The fraction of sp³-hybridized carbons (Fsp3) is 0.800. The number of carboxylic acids is 1. The summed E-state index contributed by atoms with van der Waals surface area (Å²) in [6.07, 6.45) is 0.449. The number of carbonyl (C=O) groups is 1. The molecule has 0 atom stereocenters. The Morgan fingerprint density at radius 3 is 2.45 bits per heavy atom. The Bertz CT molecular complexity index is 86.9. The zero-order chi connectivity index (χ0) is 9.11. The van der Waals surface area contributed by atoms with Crippen molar-refractivity contribution in [2.24, 2.45) is 0 Å². The van der Waals surface area contributed by atoms with E-state index in [2.05, 4.69) is 4.84 Å². The van der Waals surface area contributed by atoms with Crippen LogP contribution in [0.1, 0.15) is 12.8 Å². The minimum Gasteiger partial charge on any atom is -0.481 e. The molecule has 6 nitrogen and oxygen atoms in total. The van der Waals surface area contributed by atoms with Crippen molar-refractivity contribution in [3.8, 4) is 0 Å². The highest BCUT2D eigenvalue weighted by Gasteiger charge is 1.94. The van der Waals surface area contributed by atoms with Gasteiger partial charge in [-0.25, -0.2) is 0 Å². The summed E-state index contributed by atoms with van der Waals surface area (Å²) >= 11 is 0. The summed E-state index contributed by atoms with van der Waals surface area (Å²) < 4.78 is 0. The summed E-state index contributed by atoms with van der Waals surface area (Å²) in [5.41, 5.74) is 1.45. The molecule has 0 amide bonds. The topological polar surface area (TPSA) is 99.0 Å². The van der Waals surface area contributed by atoms with E-state index >= 15 is 0 Å². The Balaban J connectivity index is 0. The van der Waals surface area contributed by atoms with Crippen molar-refractivity contribution in [3.63, 3.8) is 0 Å². The quantitative estimate of drug-likeness (QED) is 0.321. The van der Waals surface area contributed by atoms with Crippen LogP contribution >= 0.6 is 0 Å². The molecule has 0 rings (SSSR count). The first-order chi connectivity index (χ1) is 5.27. The van der Waals surface area contributed by atoms with Crippen LogP contribution in [0.4, 0.5) is 0 Å². The van der Waals surface area contributed by atoms with Crippen LogP contribution in [0.2, 0.25) is 0 Å². The number of aliphatic carboxylic acids is 1. The number of hydrogen-bond donors (Lipinski definition) is 4. The van der Waals surface area contributed by atoms with E-state index in [0.29, 0.717) is 6.42 Å². The van der Waals surface area contributed by atoms with Gasteiger partial charge in [-0.3, -0.25) is 14.8 Å². The van der Waals surface area contributed by atoms with Crippen molar-refractivity contribution < 1.29 is 25.1 Å². The van der Waals surface area contributed by atoms with Crippen molar-refractivity contribution in [2.45, 2.75) is 12.8 Å². The lowest BCUT2D eigenvalue weighted by molar-refractivity contribution is -0.141. The van der Waals surface area contributed by atoms with Gasteiger partial charge < -0.3 is 10.2 Å². The lowest BCUT2D eigenvalue weighted by Gasteiger charge is -1.95. The molecule has 11 heavy (non-hydrogen) atoms. The molecule has 0 radical (unpaired) electrons. The number of nitrogens with one attached hydrogen (secondary N) is 1. The van der Waals surface area contributed by atoms with Gasteiger partial charge in [-0.15, -0.1) is 0 Å². The highest BCUT2D eigenvalue weighted by molar-refractivity contribution is 5.66. The van der Waals surface area contributed by atoms with Crippen molar-refractivity contribution in [2.75, 3.05) is 13.7 Å². The molecule has 6 heteroatoms. The van der Waals surface area contributed by atoms with Gasteiger partial charge >= 0.3 is 5.97 Å². The molecule has 0 aromatic rings. The summed E-state index contributed by atoms with van der Waals surface area (Å²) in [6, 6.07) is 0. The SMILES string of the molecule is CO.O=C(O)CCCONO. The van der Waals surface area contributed by atoms with Crippen LogP contribution < -0.4 is 5.64 Å². The normalized spacial score (nSPS) is 8.27. The van der Waals surface area contributed by atoms with Crippen LogP contribution in [0, 0.1) is 0 Å². The van der Waals surface area contributed by atoms with Crippen LogP contribution in [-0.2, 0) is 9.63 Å². The lowest BCUT2D eigenvalue weighted by atomic mass is 10.3. The first-order valence-electron chi connectivity index (χ1n) is 2.94. The zero-order valence-electron chi connectivity index (χ0n) is 6.28. The molecular formula is C5H13NO5. The lowest BCUT2D eigenvalue weighted by Crippen LogP contribution is -2.10. The molecule has 0 bridgehead atoms. The molecule has 0 spiro atoms. The van der Waals surface area contributed by atoms with Crippen molar-refractivity contribution in [1.82, 2.24) is 5.64 Å². The third-order valence-corrected chi connectivity index (χ3v) is 0.702. The second-order valence-corrected chi connectivity index (χ2v) is 1.44. The monoisotopic (exact) mass is 167 g/mol. The average molecular weight is 167 g/mol. The molecule has 68 valence electrons. The molecule has 0 aliphatic heterocycles. The summed E-state index contributed by atoms with van der Waals surface area (Å²) in [4.78, 5) is 14.1. The van der Waals surface area contributed by atoms with Gasteiger partial charge in [-0.2, -0.15) is 0 Å². The molecule has 0 aromatic heterocycles. The minimum atomic E-state index is -0.864. The fourth-order valence-electron chi connectivity index (χ4n) is 0.341. The molecule has 0 aromatic carbocycles. The van der Waals surface area contributed by atoms with Crippen LogP contribution in [0.15, 0.2) is 0 Å². The second kappa shape index (κ2) is 12.0. The molecule has 0 fully saturated rings. The maximum absolute atomic E-state index is 9.82. The molecular weight excluding hydrogens is 154 g/mol. The largest absolute Gasteiger partial charge is 0.481 e. The van der Waals surface area contributed by atoms with E-state index < -0.39 is 5.97 Å². The number of hydrogen-bond acceptors (Lipinski definition) is 5. The number of rotatable bonds is 5. The standard InChI is InChI=1S/C4H9NO4.CH4O/c6-4(7)2-1-3-9-5-8;1-2/h5,8H,1-3H2,(H,6,7);2H,1H3. The third-order valence-electron chi connectivity index (χ3n) is 0.702. The van der Waals surface area contributed by atoms with Crippen molar-refractivity contribution in [1.29, 1.82) is 0 Å². The molecule has 0 saturated carbocycles. The first kappa shape index (κ1) is 12.9. The van der Waals surface area contributed by atoms with Gasteiger partial charge in [0.25, 0.3) is 0 Å². The van der Waals surface area contributed by atoms with Gasteiger partial charge in [-0.1, -0.05) is 5.64 Å². The molecule has 4 N–H and O–H groups in total. The van der Waals surface area contributed by atoms with Gasteiger partial charge in [0.05, 0.1) is 6.61 Å². The summed E-state index contributed by atoms with van der Waals surface area (Å²) in [6.45, 7) is 0.197.